The van der Waals surface area contributed by atoms with Crippen LogP contribution in [-0.4, -0.2) is 45.5 Å². The fraction of sp³-hybridized carbons (Fsp3) is 0.348. The second-order valence-electron chi connectivity index (χ2n) is 7.83. The van der Waals surface area contributed by atoms with E-state index in [2.05, 4.69) is 26.9 Å². The lowest BCUT2D eigenvalue weighted by Crippen LogP contribution is -2.39. The van der Waals surface area contributed by atoms with Gasteiger partial charge in [-0.3, -0.25) is 4.79 Å². The third kappa shape index (κ3) is 4.12. The Hall–Kier alpha value is -3.00. The molecule has 1 saturated heterocycles. The number of hydrogen-bond acceptors (Lipinski definition) is 6. The SMILES string of the molecule is Cn1c(SCc2ccccc2)nnc1C1CCCN(C(=O)c2ccc3c(c2)OCO3)C1. The smallest absolute Gasteiger partial charge is 0.254 e. The Morgan fingerprint density at radius 2 is 1.97 bits per heavy atom. The molecule has 5 rings (SSSR count). The van der Waals surface area contributed by atoms with E-state index in [0.29, 0.717) is 23.6 Å². The summed E-state index contributed by atoms with van der Waals surface area (Å²) in [5.41, 5.74) is 1.89. The lowest BCUT2D eigenvalue weighted by Gasteiger charge is -2.32. The zero-order chi connectivity index (χ0) is 21.2. The van der Waals surface area contributed by atoms with Gasteiger partial charge in [0.25, 0.3) is 5.91 Å². The fourth-order valence-corrected chi connectivity index (χ4v) is 4.99. The summed E-state index contributed by atoms with van der Waals surface area (Å²) in [6.45, 7) is 1.59. The third-order valence-corrected chi connectivity index (χ3v) is 6.86. The first-order valence-corrected chi connectivity index (χ1v) is 11.4. The maximum Gasteiger partial charge on any atom is 0.254 e. The molecule has 0 bridgehead atoms. The van der Waals surface area contributed by atoms with Gasteiger partial charge >= 0.3 is 0 Å². The molecule has 1 aromatic heterocycles. The molecule has 1 amide bonds. The number of amides is 1. The molecule has 2 aliphatic heterocycles. The molecule has 3 aromatic rings. The van der Waals surface area contributed by atoms with Crippen LogP contribution in [0, 0.1) is 0 Å². The highest BCUT2D eigenvalue weighted by Gasteiger charge is 2.29. The molecule has 160 valence electrons. The number of benzene rings is 2. The molecular weight excluding hydrogens is 412 g/mol. The van der Waals surface area contributed by atoms with Crippen LogP contribution in [-0.2, 0) is 12.8 Å². The van der Waals surface area contributed by atoms with Crippen molar-refractivity contribution in [2.24, 2.45) is 7.05 Å². The maximum absolute atomic E-state index is 13.1. The van der Waals surface area contributed by atoms with E-state index in [1.807, 2.05) is 30.1 Å². The number of ether oxygens (including phenoxy) is 2. The number of nitrogens with zero attached hydrogens (tertiary/aromatic N) is 4. The van der Waals surface area contributed by atoms with Gasteiger partial charge in [0.15, 0.2) is 16.7 Å². The van der Waals surface area contributed by atoms with Crippen molar-refractivity contribution < 1.29 is 14.3 Å². The average Bonchev–Trinajstić information content (AvgIpc) is 3.44. The minimum absolute atomic E-state index is 0.0174. The van der Waals surface area contributed by atoms with E-state index < -0.39 is 0 Å². The highest BCUT2D eigenvalue weighted by molar-refractivity contribution is 7.98. The van der Waals surface area contributed by atoms with Gasteiger partial charge in [0, 0.05) is 37.4 Å². The Bertz CT molecular complexity index is 1090. The van der Waals surface area contributed by atoms with E-state index in [1.54, 1.807) is 30.0 Å². The molecule has 0 aliphatic carbocycles. The molecule has 1 atom stereocenters. The van der Waals surface area contributed by atoms with Gasteiger partial charge in [0.1, 0.15) is 5.82 Å². The fourth-order valence-electron chi connectivity index (χ4n) is 4.11. The summed E-state index contributed by atoms with van der Waals surface area (Å²) in [4.78, 5) is 15.0. The van der Waals surface area contributed by atoms with E-state index in [4.69, 9.17) is 9.47 Å². The Morgan fingerprint density at radius 1 is 1.13 bits per heavy atom. The number of thioether (sulfide) groups is 1. The molecule has 2 aromatic carbocycles. The number of carbonyl (C=O) groups excluding carboxylic acids is 1. The van der Waals surface area contributed by atoms with Crippen LogP contribution in [0.1, 0.15) is 40.5 Å². The summed E-state index contributed by atoms with van der Waals surface area (Å²) in [7, 11) is 2.02. The minimum atomic E-state index is 0.0174. The van der Waals surface area contributed by atoms with Gasteiger partial charge in [-0.25, -0.2) is 0 Å². The Labute approximate surface area is 185 Å². The highest BCUT2D eigenvalue weighted by Crippen LogP contribution is 2.34. The minimum Gasteiger partial charge on any atom is -0.454 e. The maximum atomic E-state index is 13.1. The van der Waals surface area contributed by atoms with Crippen LogP contribution < -0.4 is 9.47 Å². The van der Waals surface area contributed by atoms with Crippen LogP contribution in [0.25, 0.3) is 0 Å². The van der Waals surface area contributed by atoms with Crippen molar-refractivity contribution in [2.75, 3.05) is 19.9 Å². The van der Waals surface area contributed by atoms with E-state index in [1.165, 1.54) is 5.56 Å². The summed E-state index contributed by atoms with van der Waals surface area (Å²) < 4.78 is 12.8. The Kier molecular flexibility index (Phi) is 5.55. The van der Waals surface area contributed by atoms with Crippen molar-refractivity contribution in [1.82, 2.24) is 19.7 Å². The molecule has 3 heterocycles. The van der Waals surface area contributed by atoms with Gasteiger partial charge in [0.2, 0.25) is 6.79 Å². The summed E-state index contributed by atoms with van der Waals surface area (Å²) in [5.74, 6) is 3.31. The van der Waals surface area contributed by atoms with E-state index >= 15 is 0 Å². The molecule has 0 N–H and O–H groups in total. The largest absolute Gasteiger partial charge is 0.454 e. The van der Waals surface area contributed by atoms with Crippen LogP contribution in [0.4, 0.5) is 0 Å². The molecule has 2 aliphatic rings. The monoisotopic (exact) mass is 436 g/mol. The van der Waals surface area contributed by atoms with Crippen LogP contribution in [0.5, 0.6) is 11.5 Å². The lowest BCUT2D eigenvalue weighted by atomic mass is 9.96. The van der Waals surface area contributed by atoms with Crippen molar-refractivity contribution in [3.63, 3.8) is 0 Å². The molecule has 7 nitrogen and oxygen atoms in total. The first kappa shape index (κ1) is 19.9. The standard InChI is InChI=1S/C23H24N4O3S/c1-26-21(24-25-23(26)31-14-16-6-3-2-4-7-16)18-8-5-11-27(13-18)22(28)17-9-10-19-20(12-17)30-15-29-19/h2-4,6-7,9-10,12,18H,5,8,11,13-15H2,1H3. The van der Waals surface area contributed by atoms with Crippen molar-refractivity contribution in [3.8, 4) is 11.5 Å². The van der Waals surface area contributed by atoms with E-state index in [9.17, 15) is 4.79 Å². The van der Waals surface area contributed by atoms with E-state index in [0.717, 1.165) is 36.1 Å². The summed E-state index contributed by atoms with van der Waals surface area (Å²) in [6, 6.07) is 15.7. The second-order valence-corrected chi connectivity index (χ2v) is 8.77. The number of aromatic nitrogens is 3. The molecule has 0 radical (unpaired) electrons. The lowest BCUT2D eigenvalue weighted by molar-refractivity contribution is 0.0703. The van der Waals surface area contributed by atoms with Crippen LogP contribution >= 0.6 is 11.8 Å². The molecular formula is C23H24N4O3S. The summed E-state index contributed by atoms with van der Waals surface area (Å²) in [5, 5.41) is 9.80. The molecule has 0 saturated carbocycles. The van der Waals surface area contributed by atoms with Gasteiger partial charge in [-0.1, -0.05) is 42.1 Å². The van der Waals surface area contributed by atoms with Crippen LogP contribution in [0.15, 0.2) is 53.7 Å². The zero-order valence-electron chi connectivity index (χ0n) is 17.4. The summed E-state index contributed by atoms with van der Waals surface area (Å²) in [6.07, 6.45) is 1.94. The second kappa shape index (κ2) is 8.63. The number of likely N-dealkylation sites (tertiary alicyclic amines) is 1. The van der Waals surface area contributed by atoms with Crippen LogP contribution in [0.3, 0.4) is 0 Å². The Balaban J connectivity index is 1.27. The highest BCUT2D eigenvalue weighted by atomic mass is 32.2. The number of piperidine rings is 1. The number of hydrogen-bond donors (Lipinski definition) is 0. The molecule has 1 unspecified atom stereocenters. The first-order chi connectivity index (χ1) is 15.2. The quantitative estimate of drug-likeness (QED) is 0.566. The van der Waals surface area contributed by atoms with Gasteiger partial charge in [-0.2, -0.15) is 0 Å². The Morgan fingerprint density at radius 3 is 2.84 bits per heavy atom. The van der Waals surface area contributed by atoms with Gasteiger partial charge < -0.3 is 18.9 Å². The van der Waals surface area contributed by atoms with Crippen molar-refractivity contribution in [2.45, 2.75) is 29.7 Å². The van der Waals surface area contributed by atoms with Crippen molar-refractivity contribution in [3.05, 3.63) is 65.5 Å². The number of fused-ring (bicyclic) bond motifs is 1. The third-order valence-electron chi connectivity index (χ3n) is 5.77. The van der Waals surface area contributed by atoms with Gasteiger partial charge in [-0.05, 0) is 36.6 Å². The molecule has 1 fully saturated rings. The predicted molar refractivity (Wildman–Crippen MR) is 117 cm³/mol. The normalized spacial score (nSPS) is 17.7. The van der Waals surface area contributed by atoms with E-state index in [-0.39, 0.29) is 18.6 Å². The van der Waals surface area contributed by atoms with Crippen molar-refractivity contribution in [1.29, 1.82) is 0 Å². The summed E-state index contributed by atoms with van der Waals surface area (Å²) >= 11 is 1.68. The number of carbonyl (C=O) groups is 1. The molecule has 0 spiro atoms. The van der Waals surface area contributed by atoms with Crippen LogP contribution in [0.2, 0.25) is 0 Å². The van der Waals surface area contributed by atoms with Gasteiger partial charge in [-0.15, -0.1) is 10.2 Å². The first-order valence-electron chi connectivity index (χ1n) is 10.4. The number of rotatable bonds is 5. The average molecular weight is 437 g/mol. The zero-order valence-corrected chi connectivity index (χ0v) is 18.2. The molecule has 31 heavy (non-hydrogen) atoms. The molecule has 8 heteroatoms. The topological polar surface area (TPSA) is 69.5 Å². The van der Waals surface area contributed by atoms with Gasteiger partial charge in [0.05, 0.1) is 0 Å². The predicted octanol–water partition coefficient (Wildman–Crippen LogP) is 3.86. The van der Waals surface area contributed by atoms with Crippen molar-refractivity contribution >= 4 is 17.7 Å².